The molecule has 0 bridgehead atoms. The van der Waals surface area contributed by atoms with Gasteiger partial charge in [0, 0.05) is 30.9 Å². The first kappa shape index (κ1) is 20.8. The van der Waals surface area contributed by atoms with Gasteiger partial charge in [-0.05, 0) is 74.1 Å². The summed E-state index contributed by atoms with van der Waals surface area (Å²) >= 11 is 0. The third-order valence-electron chi connectivity index (χ3n) is 5.27. The van der Waals surface area contributed by atoms with Crippen LogP contribution in [-0.2, 0) is 0 Å². The average Bonchev–Trinajstić information content (AvgIpc) is 2.71. The summed E-state index contributed by atoms with van der Waals surface area (Å²) in [6.07, 6.45) is 2.52. The summed E-state index contributed by atoms with van der Waals surface area (Å²) in [5.41, 5.74) is 1.42. The molecule has 0 atom stereocenters. The van der Waals surface area contributed by atoms with E-state index in [9.17, 15) is 18.4 Å². The highest BCUT2D eigenvalue weighted by Gasteiger charge is 2.23. The van der Waals surface area contributed by atoms with E-state index in [0.29, 0.717) is 42.4 Å². The van der Waals surface area contributed by atoms with Crippen molar-refractivity contribution in [3.8, 4) is 0 Å². The van der Waals surface area contributed by atoms with Crippen molar-refractivity contribution >= 4 is 17.6 Å². The van der Waals surface area contributed by atoms with Crippen LogP contribution < -0.4 is 10.6 Å². The number of hydrogen-bond acceptors (Lipinski definition) is 2. The van der Waals surface area contributed by atoms with Crippen LogP contribution in [0.15, 0.2) is 42.5 Å². The molecule has 0 unspecified atom stereocenters. The topological polar surface area (TPSA) is 61.4 Å². The van der Waals surface area contributed by atoms with Crippen molar-refractivity contribution in [2.24, 2.45) is 5.92 Å². The number of anilines is 1. The number of hydrogen-bond donors (Lipinski definition) is 2. The first-order chi connectivity index (χ1) is 13.9. The van der Waals surface area contributed by atoms with Crippen LogP contribution in [-0.4, -0.2) is 36.5 Å². The summed E-state index contributed by atoms with van der Waals surface area (Å²) in [7, 11) is 0. The normalized spacial score (nSPS) is 14.5. The fourth-order valence-corrected chi connectivity index (χ4v) is 3.39. The van der Waals surface area contributed by atoms with Crippen LogP contribution >= 0.6 is 0 Å². The maximum Gasteiger partial charge on any atom is 0.321 e. The minimum absolute atomic E-state index is 0.216. The molecule has 1 fully saturated rings. The van der Waals surface area contributed by atoms with Gasteiger partial charge in [-0.15, -0.1) is 0 Å². The van der Waals surface area contributed by atoms with E-state index >= 15 is 0 Å². The van der Waals surface area contributed by atoms with Gasteiger partial charge in [-0.1, -0.05) is 6.07 Å². The molecular weight excluding hydrogens is 376 g/mol. The fraction of sp³-hybridized carbons (Fsp3) is 0.364. The number of benzene rings is 2. The molecule has 0 aromatic heterocycles. The fourth-order valence-electron chi connectivity index (χ4n) is 3.39. The number of nitrogens with zero attached hydrogens (tertiary/aromatic N) is 1. The second kappa shape index (κ2) is 9.49. The van der Waals surface area contributed by atoms with E-state index in [4.69, 9.17) is 0 Å². The molecule has 0 saturated carbocycles. The summed E-state index contributed by atoms with van der Waals surface area (Å²) in [6.45, 7) is 3.46. The third-order valence-corrected chi connectivity index (χ3v) is 5.27. The highest BCUT2D eigenvalue weighted by Crippen LogP contribution is 2.21. The molecule has 0 aliphatic carbocycles. The Hall–Kier alpha value is -2.96. The number of aryl methyl sites for hydroxylation is 1. The van der Waals surface area contributed by atoms with Crippen LogP contribution in [0, 0.1) is 24.5 Å². The Morgan fingerprint density at radius 2 is 1.76 bits per heavy atom. The van der Waals surface area contributed by atoms with Gasteiger partial charge < -0.3 is 15.5 Å². The van der Waals surface area contributed by atoms with Gasteiger partial charge in [0.15, 0.2) is 0 Å². The maximum absolute atomic E-state index is 13.6. The zero-order valence-electron chi connectivity index (χ0n) is 16.4. The number of rotatable bonds is 5. The number of nitrogens with one attached hydrogen (secondary N) is 2. The van der Waals surface area contributed by atoms with E-state index in [1.807, 2.05) is 0 Å². The third kappa shape index (κ3) is 5.76. The average molecular weight is 401 g/mol. The van der Waals surface area contributed by atoms with E-state index in [1.54, 1.807) is 24.0 Å². The Morgan fingerprint density at radius 3 is 2.41 bits per heavy atom. The summed E-state index contributed by atoms with van der Waals surface area (Å²) < 4.78 is 26.5. The lowest BCUT2D eigenvalue weighted by molar-refractivity contribution is 0.0949. The van der Waals surface area contributed by atoms with E-state index < -0.39 is 0 Å². The van der Waals surface area contributed by atoms with Crippen LogP contribution in [0.4, 0.5) is 19.3 Å². The lowest BCUT2D eigenvalue weighted by atomic mass is 9.93. The lowest BCUT2D eigenvalue weighted by Crippen LogP contribution is -2.41. The van der Waals surface area contributed by atoms with E-state index in [-0.39, 0.29) is 23.6 Å². The number of halogens is 2. The molecule has 3 amide bonds. The van der Waals surface area contributed by atoms with E-state index in [1.165, 1.54) is 30.3 Å². The SMILES string of the molecule is Cc1ccc(NC(=O)N2CCC(CCNC(=O)c3ccc(F)cc3)CC2)cc1F. The van der Waals surface area contributed by atoms with Gasteiger partial charge >= 0.3 is 6.03 Å². The molecule has 1 aliphatic rings. The Bertz CT molecular complexity index is 863. The van der Waals surface area contributed by atoms with Crippen molar-refractivity contribution in [1.29, 1.82) is 0 Å². The predicted molar refractivity (Wildman–Crippen MR) is 108 cm³/mol. The Kier molecular flexibility index (Phi) is 6.80. The smallest absolute Gasteiger partial charge is 0.321 e. The van der Waals surface area contributed by atoms with Gasteiger partial charge in [0.2, 0.25) is 0 Å². The van der Waals surface area contributed by atoms with Gasteiger partial charge in [0.25, 0.3) is 5.91 Å². The van der Waals surface area contributed by atoms with Crippen molar-refractivity contribution in [2.75, 3.05) is 25.0 Å². The molecule has 29 heavy (non-hydrogen) atoms. The second-order valence-electron chi connectivity index (χ2n) is 7.38. The quantitative estimate of drug-likeness (QED) is 0.783. The Labute approximate surface area is 169 Å². The molecule has 0 radical (unpaired) electrons. The van der Waals surface area contributed by atoms with Gasteiger partial charge in [-0.25, -0.2) is 13.6 Å². The summed E-state index contributed by atoms with van der Waals surface area (Å²) in [6, 6.07) is 9.87. The lowest BCUT2D eigenvalue weighted by Gasteiger charge is -2.32. The molecule has 1 saturated heterocycles. The van der Waals surface area contributed by atoms with Crippen molar-refractivity contribution in [2.45, 2.75) is 26.2 Å². The standard InChI is InChI=1S/C22H25F2N3O2/c1-15-2-7-19(14-20(15)24)26-22(29)27-12-9-16(10-13-27)8-11-25-21(28)17-3-5-18(23)6-4-17/h2-7,14,16H,8-13H2,1H3,(H,25,28)(H,26,29). The first-order valence-electron chi connectivity index (χ1n) is 9.78. The highest BCUT2D eigenvalue weighted by atomic mass is 19.1. The molecular formula is C22H25F2N3O2. The number of urea groups is 1. The van der Waals surface area contributed by atoms with Crippen molar-refractivity contribution in [3.05, 3.63) is 65.2 Å². The van der Waals surface area contributed by atoms with E-state index in [2.05, 4.69) is 10.6 Å². The molecule has 5 nitrogen and oxygen atoms in total. The summed E-state index contributed by atoms with van der Waals surface area (Å²) in [4.78, 5) is 26.1. The minimum Gasteiger partial charge on any atom is -0.352 e. The first-order valence-corrected chi connectivity index (χ1v) is 9.78. The zero-order chi connectivity index (χ0) is 20.8. The Balaban J connectivity index is 1.38. The van der Waals surface area contributed by atoms with Crippen LogP contribution in [0.1, 0.15) is 35.2 Å². The van der Waals surface area contributed by atoms with Crippen molar-refractivity contribution in [3.63, 3.8) is 0 Å². The molecule has 154 valence electrons. The van der Waals surface area contributed by atoms with Crippen LogP contribution in [0.2, 0.25) is 0 Å². The molecule has 7 heteroatoms. The molecule has 0 spiro atoms. The number of carbonyl (C=O) groups excluding carboxylic acids is 2. The molecule has 2 aromatic rings. The highest BCUT2D eigenvalue weighted by molar-refractivity contribution is 5.94. The van der Waals surface area contributed by atoms with Crippen LogP contribution in [0.3, 0.4) is 0 Å². The molecule has 1 aliphatic heterocycles. The largest absolute Gasteiger partial charge is 0.352 e. The Morgan fingerprint density at radius 1 is 1.07 bits per heavy atom. The summed E-state index contributed by atoms with van der Waals surface area (Å²) in [5, 5.41) is 5.59. The maximum atomic E-state index is 13.6. The zero-order valence-corrected chi connectivity index (χ0v) is 16.4. The number of carbonyl (C=O) groups is 2. The minimum atomic E-state index is -0.371. The van der Waals surface area contributed by atoms with Crippen molar-refractivity contribution in [1.82, 2.24) is 10.2 Å². The molecule has 3 rings (SSSR count). The van der Waals surface area contributed by atoms with Crippen molar-refractivity contribution < 1.29 is 18.4 Å². The van der Waals surface area contributed by atoms with Crippen LogP contribution in [0.5, 0.6) is 0 Å². The number of likely N-dealkylation sites (tertiary alicyclic amines) is 1. The van der Waals surface area contributed by atoms with Crippen LogP contribution in [0.25, 0.3) is 0 Å². The predicted octanol–water partition coefficient (Wildman–Crippen LogP) is 4.34. The van der Waals surface area contributed by atoms with Gasteiger partial charge in [-0.2, -0.15) is 0 Å². The number of amides is 3. The van der Waals surface area contributed by atoms with Gasteiger partial charge in [0.05, 0.1) is 0 Å². The second-order valence-corrected chi connectivity index (χ2v) is 7.38. The van der Waals surface area contributed by atoms with Gasteiger partial charge in [-0.3, -0.25) is 4.79 Å². The number of piperidine rings is 1. The molecule has 1 heterocycles. The van der Waals surface area contributed by atoms with E-state index in [0.717, 1.165) is 19.3 Å². The monoisotopic (exact) mass is 401 g/mol. The van der Waals surface area contributed by atoms with Gasteiger partial charge in [0.1, 0.15) is 11.6 Å². The molecule has 2 aromatic carbocycles. The molecule has 2 N–H and O–H groups in total. The summed E-state index contributed by atoms with van der Waals surface area (Å²) in [5.74, 6) is -0.509.